The zero-order valence-corrected chi connectivity index (χ0v) is 24.5. The summed E-state index contributed by atoms with van der Waals surface area (Å²) < 4.78 is 7.40. The maximum absolute atomic E-state index is 13.7. The molecule has 1 aromatic carbocycles. The summed E-state index contributed by atoms with van der Waals surface area (Å²) >= 11 is 0. The summed E-state index contributed by atoms with van der Waals surface area (Å²) in [6.07, 6.45) is 8.05. The van der Waals surface area contributed by atoms with Crippen LogP contribution in [0.25, 0.3) is 0 Å². The first-order chi connectivity index (χ1) is 20.7. The van der Waals surface area contributed by atoms with Crippen LogP contribution in [0.15, 0.2) is 59.5 Å². The van der Waals surface area contributed by atoms with Crippen LogP contribution in [0.1, 0.15) is 73.9 Å². The zero-order valence-electron chi connectivity index (χ0n) is 24.5. The van der Waals surface area contributed by atoms with E-state index in [1.807, 2.05) is 56.4 Å². The average Bonchev–Trinajstić information content (AvgIpc) is 3.34. The molecule has 12 nitrogen and oxygen atoms in total. The SMILES string of the molecule is CC(C)[C@@H]1NC(=O)[C@@H](NC(=O)C2(Cn3cccn3)CC2)CCCCNC(=O)c2coc(n2)[C@@H](Cc2ccccc2)NC1=O. The third kappa shape index (κ3) is 7.49. The summed E-state index contributed by atoms with van der Waals surface area (Å²) in [4.78, 5) is 57.9. The van der Waals surface area contributed by atoms with E-state index in [-0.39, 0.29) is 29.3 Å². The Morgan fingerprint density at radius 1 is 1.09 bits per heavy atom. The average molecular weight is 590 g/mol. The number of nitrogens with one attached hydrogen (secondary N) is 4. The van der Waals surface area contributed by atoms with E-state index >= 15 is 0 Å². The molecule has 3 aromatic rings. The number of amides is 4. The fraction of sp³-hybridized carbons (Fsp3) is 0.484. The van der Waals surface area contributed by atoms with Crippen LogP contribution in [-0.4, -0.2) is 57.0 Å². The second-order valence-electron chi connectivity index (χ2n) is 11.8. The summed E-state index contributed by atoms with van der Waals surface area (Å²) in [7, 11) is 0. The molecule has 2 aromatic heterocycles. The number of carbonyl (C=O) groups is 4. The lowest BCUT2D eigenvalue weighted by Gasteiger charge is -2.28. The van der Waals surface area contributed by atoms with Gasteiger partial charge in [-0.15, -0.1) is 0 Å². The smallest absolute Gasteiger partial charge is 0.273 e. The van der Waals surface area contributed by atoms with Crippen LogP contribution in [0.3, 0.4) is 0 Å². The van der Waals surface area contributed by atoms with Crippen molar-refractivity contribution in [3.8, 4) is 0 Å². The number of benzene rings is 1. The van der Waals surface area contributed by atoms with Gasteiger partial charge in [-0.1, -0.05) is 44.2 Å². The van der Waals surface area contributed by atoms with Gasteiger partial charge in [0.25, 0.3) is 5.91 Å². The van der Waals surface area contributed by atoms with Crippen LogP contribution >= 0.6 is 0 Å². The molecule has 228 valence electrons. The minimum absolute atomic E-state index is 0.125. The lowest BCUT2D eigenvalue weighted by atomic mass is 9.99. The fourth-order valence-corrected chi connectivity index (χ4v) is 5.31. The van der Waals surface area contributed by atoms with Crippen molar-refractivity contribution in [3.05, 3.63) is 72.2 Å². The third-order valence-electron chi connectivity index (χ3n) is 8.08. The summed E-state index contributed by atoms with van der Waals surface area (Å²) in [5, 5.41) is 15.9. The van der Waals surface area contributed by atoms with Crippen molar-refractivity contribution in [2.45, 2.75) is 77.0 Å². The maximum atomic E-state index is 13.7. The Balaban J connectivity index is 1.36. The molecule has 0 saturated heterocycles. The molecule has 5 rings (SSSR count). The molecule has 1 aliphatic carbocycles. The van der Waals surface area contributed by atoms with Gasteiger partial charge in [0.15, 0.2) is 5.69 Å². The molecule has 1 aliphatic heterocycles. The first-order valence-electron chi connectivity index (χ1n) is 14.9. The largest absolute Gasteiger partial charge is 0.446 e. The molecule has 4 N–H and O–H groups in total. The van der Waals surface area contributed by atoms with Crippen LogP contribution in [-0.2, 0) is 27.3 Å². The van der Waals surface area contributed by atoms with Crippen molar-refractivity contribution in [3.63, 3.8) is 0 Å². The maximum Gasteiger partial charge on any atom is 0.273 e. The first kappa shape index (κ1) is 30.0. The molecule has 0 unspecified atom stereocenters. The Morgan fingerprint density at radius 2 is 1.88 bits per heavy atom. The molecule has 43 heavy (non-hydrogen) atoms. The van der Waals surface area contributed by atoms with Gasteiger partial charge in [0.2, 0.25) is 23.6 Å². The number of oxazole rings is 1. The number of fused-ring (bicyclic) bond motifs is 2. The Kier molecular flexibility index (Phi) is 9.22. The molecule has 0 radical (unpaired) electrons. The number of rotatable bonds is 7. The Hall–Kier alpha value is -4.48. The van der Waals surface area contributed by atoms with Gasteiger partial charge in [-0.25, -0.2) is 4.98 Å². The molecule has 2 aliphatic rings. The van der Waals surface area contributed by atoms with Gasteiger partial charge in [0.1, 0.15) is 24.4 Å². The second-order valence-corrected chi connectivity index (χ2v) is 11.8. The lowest BCUT2D eigenvalue weighted by molar-refractivity contribution is -0.134. The van der Waals surface area contributed by atoms with E-state index in [9.17, 15) is 19.2 Å². The van der Waals surface area contributed by atoms with Crippen molar-refractivity contribution >= 4 is 23.6 Å². The molecule has 1 saturated carbocycles. The van der Waals surface area contributed by atoms with Crippen molar-refractivity contribution in [1.29, 1.82) is 0 Å². The lowest BCUT2D eigenvalue weighted by Crippen LogP contribution is -2.56. The van der Waals surface area contributed by atoms with Gasteiger partial charge in [-0.05, 0) is 49.7 Å². The van der Waals surface area contributed by atoms with Crippen molar-refractivity contribution in [1.82, 2.24) is 36.0 Å². The highest BCUT2D eigenvalue weighted by atomic mass is 16.3. The Morgan fingerprint density at radius 3 is 2.58 bits per heavy atom. The van der Waals surface area contributed by atoms with Crippen LogP contribution in [0.2, 0.25) is 0 Å². The van der Waals surface area contributed by atoms with Gasteiger partial charge >= 0.3 is 0 Å². The topological polar surface area (TPSA) is 160 Å². The summed E-state index contributed by atoms with van der Waals surface area (Å²) in [5.41, 5.74) is 0.450. The minimum Gasteiger partial charge on any atom is -0.446 e. The highest BCUT2D eigenvalue weighted by molar-refractivity contribution is 5.94. The standard InChI is InChI=1S/C31H39N7O5/c1-20(2)25-28(41)34-23(17-21-9-4-3-5-10-21)29-35-24(18-43-29)26(39)32-14-7-6-11-22(27(40)37-25)36-30(42)31(12-13-31)19-38-16-8-15-33-38/h3-5,8-10,15-16,18,20,22-23,25H,6-7,11-14,17,19H2,1-2H3,(H,32,39)(H,34,41)(H,36,42)(H,37,40)/t22-,23+,25-/m0/s1. The molecular weight excluding hydrogens is 550 g/mol. The number of hydrogen-bond acceptors (Lipinski definition) is 7. The van der Waals surface area contributed by atoms with E-state index in [2.05, 4.69) is 31.3 Å². The number of carbonyl (C=O) groups excluding carboxylic acids is 4. The molecule has 3 atom stereocenters. The Bertz CT molecular complexity index is 1420. The van der Waals surface area contributed by atoms with Crippen molar-refractivity contribution in [2.75, 3.05) is 6.54 Å². The van der Waals surface area contributed by atoms with E-state index in [1.54, 1.807) is 10.9 Å². The van der Waals surface area contributed by atoms with E-state index in [4.69, 9.17) is 4.42 Å². The van der Waals surface area contributed by atoms with E-state index in [0.717, 1.165) is 5.56 Å². The molecule has 1 fully saturated rings. The molecule has 0 spiro atoms. The third-order valence-corrected chi connectivity index (χ3v) is 8.08. The molecule has 4 amide bonds. The van der Waals surface area contributed by atoms with E-state index in [1.165, 1.54) is 6.26 Å². The van der Waals surface area contributed by atoms with Gasteiger partial charge in [-0.3, -0.25) is 23.9 Å². The quantitative estimate of drug-likeness (QED) is 0.329. The normalized spacial score (nSPS) is 22.8. The van der Waals surface area contributed by atoms with Crippen LogP contribution < -0.4 is 21.3 Å². The van der Waals surface area contributed by atoms with Gasteiger partial charge in [0, 0.05) is 25.4 Å². The van der Waals surface area contributed by atoms with Crippen LogP contribution in [0.5, 0.6) is 0 Å². The predicted molar refractivity (Wildman–Crippen MR) is 156 cm³/mol. The van der Waals surface area contributed by atoms with Gasteiger partial charge in [-0.2, -0.15) is 5.10 Å². The summed E-state index contributed by atoms with van der Waals surface area (Å²) in [6, 6.07) is 8.95. The first-order valence-corrected chi connectivity index (χ1v) is 14.9. The zero-order chi connectivity index (χ0) is 30.4. The van der Waals surface area contributed by atoms with E-state index < -0.39 is 35.4 Å². The number of aromatic nitrogens is 3. The molecule has 3 heterocycles. The second kappa shape index (κ2) is 13.2. The summed E-state index contributed by atoms with van der Waals surface area (Å²) in [5.74, 6) is -1.48. The van der Waals surface area contributed by atoms with Crippen molar-refractivity contribution < 1.29 is 23.6 Å². The highest BCUT2D eigenvalue weighted by Gasteiger charge is 2.51. The monoisotopic (exact) mass is 589 g/mol. The van der Waals surface area contributed by atoms with Crippen LogP contribution in [0.4, 0.5) is 0 Å². The number of nitrogens with zero attached hydrogens (tertiary/aromatic N) is 3. The number of hydrogen-bond donors (Lipinski definition) is 4. The summed E-state index contributed by atoms with van der Waals surface area (Å²) in [6.45, 7) is 4.50. The predicted octanol–water partition coefficient (Wildman–Crippen LogP) is 2.29. The molecule has 2 bridgehead atoms. The fourth-order valence-electron chi connectivity index (χ4n) is 5.31. The highest BCUT2D eigenvalue weighted by Crippen LogP contribution is 2.47. The van der Waals surface area contributed by atoms with Crippen LogP contribution in [0, 0.1) is 11.3 Å². The van der Waals surface area contributed by atoms with Crippen molar-refractivity contribution in [2.24, 2.45) is 11.3 Å². The Labute approximate surface area is 250 Å². The molecular formula is C31H39N7O5. The minimum atomic E-state index is -0.880. The van der Waals surface area contributed by atoms with Gasteiger partial charge < -0.3 is 25.7 Å². The molecule has 12 heteroatoms. The van der Waals surface area contributed by atoms with E-state index in [0.29, 0.717) is 51.6 Å². The van der Waals surface area contributed by atoms with Gasteiger partial charge in [0.05, 0.1) is 12.0 Å².